The molecular formula is C17H24ClFN2O. The first kappa shape index (κ1) is 17.2. The lowest BCUT2D eigenvalue weighted by molar-refractivity contribution is -0.121. The van der Waals surface area contributed by atoms with Gasteiger partial charge in [-0.05, 0) is 61.8 Å². The van der Waals surface area contributed by atoms with E-state index in [9.17, 15) is 9.18 Å². The number of benzene rings is 1. The summed E-state index contributed by atoms with van der Waals surface area (Å²) in [5.41, 5.74) is 1.01. The van der Waals surface area contributed by atoms with Gasteiger partial charge in [0.25, 0.3) is 0 Å². The summed E-state index contributed by atoms with van der Waals surface area (Å²) < 4.78 is 13.1. The molecule has 0 bridgehead atoms. The molecule has 0 heterocycles. The van der Waals surface area contributed by atoms with E-state index in [2.05, 4.69) is 10.6 Å². The Hall–Kier alpha value is -1.13. The van der Waals surface area contributed by atoms with Crippen LogP contribution in [0.25, 0.3) is 0 Å². The average Bonchev–Trinajstić information content (AvgIpc) is 3.21. The van der Waals surface area contributed by atoms with Crippen molar-refractivity contribution in [1.82, 2.24) is 10.6 Å². The number of hydrogen-bond donors (Lipinski definition) is 2. The second kappa shape index (κ2) is 7.93. The van der Waals surface area contributed by atoms with Crippen LogP contribution in [-0.2, 0) is 4.79 Å². The van der Waals surface area contributed by atoms with E-state index in [1.165, 1.54) is 31.4 Å². The summed E-state index contributed by atoms with van der Waals surface area (Å²) in [4.78, 5) is 12.1. The first-order valence-electron chi connectivity index (χ1n) is 7.98. The first-order chi connectivity index (χ1) is 10.2. The van der Waals surface area contributed by atoms with Gasteiger partial charge in [0.05, 0.1) is 12.6 Å². The fourth-order valence-electron chi connectivity index (χ4n) is 2.85. The minimum Gasteiger partial charge on any atom is -0.348 e. The number of amides is 1. The van der Waals surface area contributed by atoms with E-state index in [-0.39, 0.29) is 30.2 Å². The molecule has 2 fully saturated rings. The van der Waals surface area contributed by atoms with Gasteiger partial charge >= 0.3 is 0 Å². The van der Waals surface area contributed by atoms with Gasteiger partial charge < -0.3 is 10.6 Å². The van der Waals surface area contributed by atoms with Crippen molar-refractivity contribution in [2.45, 2.75) is 38.1 Å². The van der Waals surface area contributed by atoms with Crippen LogP contribution >= 0.6 is 12.4 Å². The summed E-state index contributed by atoms with van der Waals surface area (Å²) in [5, 5.41) is 6.34. The van der Waals surface area contributed by atoms with Crippen molar-refractivity contribution in [2.75, 3.05) is 13.1 Å². The molecule has 22 heavy (non-hydrogen) atoms. The van der Waals surface area contributed by atoms with Crippen molar-refractivity contribution in [1.29, 1.82) is 0 Å². The Morgan fingerprint density at radius 1 is 1.18 bits per heavy atom. The highest BCUT2D eigenvalue weighted by atomic mass is 35.5. The van der Waals surface area contributed by atoms with Crippen molar-refractivity contribution in [3.05, 3.63) is 35.6 Å². The zero-order chi connectivity index (χ0) is 14.7. The molecule has 2 saturated carbocycles. The Kier molecular flexibility index (Phi) is 6.21. The second-order valence-corrected chi connectivity index (χ2v) is 6.36. The lowest BCUT2D eigenvalue weighted by Gasteiger charge is -2.34. The zero-order valence-corrected chi connectivity index (χ0v) is 13.5. The highest BCUT2D eigenvalue weighted by Gasteiger charge is 2.29. The number of rotatable bonds is 7. The minimum absolute atomic E-state index is 0. The zero-order valence-electron chi connectivity index (χ0n) is 12.7. The van der Waals surface area contributed by atoms with Crippen molar-refractivity contribution < 1.29 is 9.18 Å². The largest absolute Gasteiger partial charge is 0.348 e. The van der Waals surface area contributed by atoms with Crippen LogP contribution in [0.4, 0.5) is 4.39 Å². The summed E-state index contributed by atoms with van der Waals surface area (Å²) in [5.74, 6) is 1.07. The predicted octanol–water partition coefficient (Wildman–Crippen LogP) is 3.20. The fraction of sp³-hybridized carbons (Fsp3) is 0.588. The Bertz CT molecular complexity index is 486. The molecule has 1 aromatic carbocycles. The summed E-state index contributed by atoms with van der Waals surface area (Å²) in [6.07, 6.45) is 6.07. The predicted molar refractivity (Wildman–Crippen MR) is 87.5 cm³/mol. The van der Waals surface area contributed by atoms with E-state index in [1.807, 2.05) is 0 Å². The Morgan fingerprint density at radius 2 is 1.86 bits per heavy atom. The van der Waals surface area contributed by atoms with E-state index >= 15 is 0 Å². The molecule has 2 N–H and O–H groups in total. The standard InChI is InChI=1S/C17H23FN2O.ClH/c18-15-8-6-14(7-9-15)17(13-2-1-3-13)20-16(21)11-19-10-12-4-5-12;/h6-9,12-13,17,19H,1-5,10-11H2,(H,20,21);1H. The monoisotopic (exact) mass is 326 g/mol. The van der Waals surface area contributed by atoms with Gasteiger partial charge in [-0.2, -0.15) is 0 Å². The molecule has 122 valence electrons. The highest BCUT2D eigenvalue weighted by molar-refractivity contribution is 5.85. The van der Waals surface area contributed by atoms with E-state index < -0.39 is 0 Å². The topological polar surface area (TPSA) is 41.1 Å². The van der Waals surface area contributed by atoms with Crippen LogP contribution < -0.4 is 10.6 Å². The van der Waals surface area contributed by atoms with Crippen molar-refractivity contribution >= 4 is 18.3 Å². The maximum absolute atomic E-state index is 13.1. The van der Waals surface area contributed by atoms with Gasteiger partial charge in [0, 0.05) is 0 Å². The first-order valence-corrected chi connectivity index (χ1v) is 7.98. The second-order valence-electron chi connectivity index (χ2n) is 6.36. The molecule has 3 rings (SSSR count). The highest BCUT2D eigenvalue weighted by Crippen LogP contribution is 2.37. The summed E-state index contributed by atoms with van der Waals surface area (Å²) >= 11 is 0. The maximum atomic E-state index is 13.1. The molecule has 0 aromatic heterocycles. The number of nitrogens with one attached hydrogen (secondary N) is 2. The molecule has 1 unspecified atom stereocenters. The molecule has 2 aliphatic carbocycles. The number of hydrogen-bond acceptors (Lipinski definition) is 2. The van der Waals surface area contributed by atoms with Crippen LogP contribution in [0, 0.1) is 17.7 Å². The van der Waals surface area contributed by atoms with E-state index in [0.29, 0.717) is 12.5 Å². The van der Waals surface area contributed by atoms with Crippen LogP contribution in [0.3, 0.4) is 0 Å². The average molecular weight is 327 g/mol. The smallest absolute Gasteiger partial charge is 0.234 e. The third-order valence-electron chi connectivity index (χ3n) is 4.58. The van der Waals surface area contributed by atoms with Gasteiger partial charge in [-0.3, -0.25) is 4.79 Å². The molecule has 0 radical (unpaired) electrons. The van der Waals surface area contributed by atoms with Crippen molar-refractivity contribution in [2.24, 2.45) is 11.8 Å². The van der Waals surface area contributed by atoms with Gasteiger partial charge in [-0.25, -0.2) is 4.39 Å². The van der Waals surface area contributed by atoms with Gasteiger partial charge in [0.2, 0.25) is 5.91 Å². The quantitative estimate of drug-likeness (QED) is 0.808. The molecule has 5 heteroatoms. The fourth-order valence-corrected chi connectivity index (χ4v) is 2.85. The molecule has 0 aliphatic heterocycles. The summed E-state index contributed by atoms with van der Waals surface area (Å²) in [7, 11) is 0. The van der Waals surface area contributed by atoms with E-state index in [1.54, 1.807) is 12.1 Å². The van der Waals surface area contributed by atoms with E-state index in [0.717, 1.165) is 30.9 Å². The lowest BCUT2D eigenvalue weighted by Crippen LogP contribution is -2.41. The molecular weight excluding hydrogens is 303 g/mol. The Morgan fingerprint density at radius 3 is 2.41 bits per heavy atom. The number of carbonyl (C=O) groups is 1. The third-order valence-corrected chi connectivity index (χ3v) is 4.58. The summed E-state index contributed by atoms with van der Waals surface area (Å²) in [6, 6.07) is 6.54. The number of halogens is 2. The van der Waals surface area contributed by atoms with E-state index in [4.69, 9.17) is 0 Å². The Balaban J connectivity index is 0.00000176. The van der Waals surface area contributed by atoms with Crippen LogP contribution in [0.15, 0.2) is 24.3 Å². The lowest BCUT2D eigenvalue weighted by atomic mass is 9.77. The van der Waals surface area contributed by atoms with Crippen LogP contribution in [-0.4, -0.2) is 19.0 Å². The molecule has 0 saturated heterocycles. The van der Waals surface area contributed by atoms with Crippen LogP contribution in [0.5, 0.6) is 0 Å². The van der Waals surface area contributed by atoms with Crippen LogP contribution in [0.1, 0.15) is 43.7 Å². The van der Waals surface area contributed by atoms with Gasteiger partial charge in [-0.15, -0.1) is 12.4 Å². The maximum Gasteiger partial charge on any atom is 0.234 e. The van der Waals surface area contributed by atoms with Gasteiger partial charge in [0.15, 0.2) is 0 Å². The molecule has 2 aliphatic rings. The SMILES string of the molecule is Cl.O=C(CNCC1CC1)NC(c1ccc(F)cc1)C1CCC1. The molecule has 0 spiro atoms. The molecule has 1 amide bonds. The normalized spacial score (nSPS) is 19.0. The third kappa shape index (κ3) is 4.68. The van der Waals surface area contributed by atoms with Crippen LogP contribution in [0.2, 0.25) is 0 Å². The Labute approximate surface area is 137 Å². The summed E-state index contributed by atoms with van der Waals surface area (Å²) in [6.45, 7) is 1.32. The van der Waals surface area contributed by atoms with Gasteiger partial charge in [0.1, 0.15) is 5.82 Å². The van der Waals surface area contributed by atoms with Crippen molar-refractivity contribution in [3.8, 4) is 0 Å². The van der Waals surface area contributed by atoms with Gasteiger partial charge in [-0.1, -0.05) is 18.6 Å². The molecule has 1 atom stereocenters. The minimum atomic E-state index is -0.233. The van der Waals surface area contributed by atoms with Crippen molar-refractivity contribution in [3.63, 3.8) is 0 Å². The number of carbonyl (C=O) groups excluding carboxylic acids is 1. The molecule has 3 nitrogen and oxygen atoms in total. The molecule has 1 aromatic rings.